The Balaban J connectivity index is 1.93. The molecule has 24 N–H and O–H groups in total. The Kier molecular flexibility index (Phi) is 31.3. The molecule has 30 nitrogen and oxygen atoms in total. The van der Waals surface area contributed by atoms with E-state index in [0.29, 0.717) is 48.9 Å². The van der Waals surface area contributed by atoms with E-state index in [4.69, 9.17) is 71.5 Å². The number of nitrogens with one attached hydrogen (secondary N) is 4. The Bertz CT molecular complexity index is 3040. The molecule has 0 fully saturated rings. The van der Waals surface area contributed by atoms with Gasteiger partial charge in [-0.3, -0.25) is 63.3 Å². The lowest BCUT2D eigenvalue weighted by Gasteiger charge is -2.21. The third-order valence-corrected chi connectivity index (χ3v) is 13.5. The van der Waals surface area contributed by atoms with E-state index >= 15 is 0 Å². The standard InChI is InChI=1S/C58H87N19O11/c1-33(78)40(11-7-23-70-55(61)62)75-51(83)37-27-35(17-19-47(37)86-2)31-45(80)42(13-9-25-72-57(65)66)77-53(85)39-29-36(18-21-49(39)88-4)32-46(81)43(14-10-26-73-58(67)68)76-52(84)38-28-34(16-20-48(38)87-3)30-44(79)41(12-8-24-71-56(63)64)74-50(82)15-5-6-22-69-54(59)60/h16-21,27-29,40-43H,5-15,22-26,30-32H2,1-4H3,(H,74,82)(H,75,83)(H,76,84)(H,77,85)(H4,59,60,69)(H4,61,62,70)(H4,63,64,71)(H4,65,66,72)(H4,67,68,73)/t40-,41-,42-,43-/m1/s1. The molecule has 0 aliphatic rings. The maximum atomic E-state index is 14.4. The van der Waals surface area contributed by atoms with Crippen molar-refractivity contribution in [2.45, 2.75) is 121 Å². The molecule has 480 valence electrons. The van der Waals surface area contributed by atoms with Gasteiger partial charge in [-0.05, 0) is 124 Å². The second-order valence-electron chi connectivity index (χ2n) is 20.4. The topological polar surface area (TPSA) is 534 Å². The number of nitrogens with two attached hydrogens (primary N) is 10. The zero-order valence-electron chi connectivity index (χ0n) is 50.4. The van der Waals surface area contributed by atoms with E-state index in [1.54, 1.807) is 18.2 Å². The summed E-state index contributed by atoms with van der Waals surface area (Å²) in [7, 11) is 4.06. The van der Waals surface area contributed by atoms with Crippen molar-refractivity contribution < 1.29 is 52.6 Å². The Morgan fingerprint density at radius 2 is 0.659 bits per heavy atom. The summed E-state index contributed by atoms with van der Waals surface area (Å²) in [5.74, 6) is -4.27. The highest BCUT2D eigenvalue weighted by molar-refractivity contribution is 6.03. The van der Waals surface area contributed by atoms with Gasteiger partial charge in [-0.2, -0.15) is 0 Å². The molecular formula is C58H87N19O11. The molecule has 0 radical (unpaired) electrons. The predicted molar refractivity (Wildman–Crippen MR) is 336 cm³/mol. The summed E-state index contributed by atoms with van der Waals surface area (Å²) < 4.78 is 16.6. The van der Waals surface area contributed by atoms with Gasteiger partial charge >= 0.3 is 0 Å². The van der Waals surface area contributed by atoms with Gasteiger partial charge in [-0.15, -0.1) is 0 Å². The van der Waals surface area contributed by atoms with Gasteiger partial charge < -0.3 is 92.8 Å². The lowest BCUT2D eigenvalue weighted by Crippen LogP contribution is -2.42. The second kappa shape index (κ2) is 38.1. The number of carbonyl (C=O) groups excluding carboxylic acids is 8. The predicted octanol–water partition coefficient (Wildman–Crippen LogP) is -1.53. The fourth-order valence-corrected chi connectivity index (χ4v) is 9.01. The molecule has 88 heavy (non-hydrogen) atoms. The summed E-state index contributed by atoms with van der Waals surface area (Å²) >= 11 is 0. The van der Waals surface area contributed by atoms with Gasteiger partial charge in [0.25, 0.3) is 17.7 Å². The van der Waals surface area contributed by atoms with E-state index in [0.717, 1.165) is 0 Å². The molecule has 4 atom stereocenters. The van der Waals surface area contributed by atoms with Gasteiger partial charge in [0, 0.05) is 58.4 Å². The molecule has 0 aliphatic carbocycles. The van der Waals surface area contributed by atoms with E-state index in [1.807, 2.05) is 0 Å². The normalized spacial score (nSPS) is 12.0. The fourth-order valence-electron chi connectivity index (χ4n) is 9.01. The van der Waals surface area contributed by atoms with Gasteiger partial charge in [0.05, 0.1) is 62.2 Å². The first-order chi connectivity index (χ1) is 41.8. The summed E-state index contributed by atoms with van der Waals surface area (Å²) in [6, 6.07) is 9.52. The van der Waals surface area contributed by atoms with Crippen LogP contribution in [0.15, 0.2) is 79.6 Å². The molecule has 3 aromatic rings. The molecule has 0 bridgehead atoms. The molecule has 0 heterocycles. The van der Waals surface area contributed by atoms with Crippen LogP contribution in [0.25, 0.3) is 0 Å². The van der Waals surface area contributed by atoms with Crippen molar-refractivity contribution in [3.8, 4) is 17.2 Å². The van der Waals surface area contributed by atoms with Gasteiger partial charge in [0.2, 0.25) is 5.91 Å². The number of methoxy groups -OCH3 is 3. The Labute approximate surface area is 511 Å². The van der Waals surface area contributed by atoms with Crippen LogP contribution in [0.4, 0.5) is 0 Å². The molecule has 4 amide bonds. The molecule has 0 unspecified atom stereocenters. The SMILES string of the molecule is COc1ccc(CC(=O)[C@@H](CCCN=C(N)N)NC(=O)c2cc(CC(=O)[C@@H](CCCN=C(N)N)NC(=O)c3cc(CC(=O)[C@@H](CCCN=C(N)N)NC(=O)CCCCN=C(N)N)ccc3OC)ccc2OC)cc1C(=O)N[C@H](CCCN=C(N)N)C(C)=O. The molecular weight excluding hydrogens is 1140 g/mol. The summed E-state index contributed by atoms with van der Waals surface area (Å²) in [6.45, 7) is 2.36. The zero-order valence-corrected chi connectivity index (χ0v) is 50.4. The first-order valence-electron chi connectivity index (χ1n) is 28.4. The number of hydrogen-bond acceptors (Lipinski definition) is 16. The van der Waals surface area contributed by atoms with Gasteiger partial charge in [0.15, 0.2) is 52.9 Å². The van der Waals surface area contributed by atoms with Crippen molar-refractivity contribution in [2.24, 2.45) is 82.3 Å². The third-order valence-electron chi connectivity index (χ3n) is 13.5. The van der Waals surface area contributed by atoms with Gasteiger partial charge in [-0.1, -0.05) is 18.2 Å². The number of hydrogen-bond donors (Lipinski definition) is 14. The zero-order chi connectivity index (χ0) is 65.3. The minimum Gasteiger partial charge on any atom is -0.496 e. The minimum atomic E-state index is -1.16. The number of amides is 4. The van der Waals surface area contributed by atoms with Crippen LogP contribution < -0.4 is 92.8 Å². The first kappa shape index (κ1) is 72.2. The third kappa shape index (κ3) is 26.5. The summed E-state index contributed by atoms with van der Waals surface area (Å²) in [6.07, 6.45) is 2.16. The second-order valence-corrected chi connectivity index (χ2v) is 20.4. The number of aliphatic imine (C=N–C) groups is 5. The van der Waals surface area contributed by atoms with E-state index in [-0.39, 0.29) is 172 Å². The molecule has 3 rings (SSSR count). The number of benzene rings is 3. The number of unbranched alkanes of at least 4 members (excludes halogenated alkanes) is 1. The molecule has 3 aromatic carbocycles. The highest BCUT2D eigenvalue weighted by Crippen LogP contribution is 2.25. The molecule has 0 saturated heterocycles. The van der Waals surface area contributed by atoms with E-state index in [1.165, 1.54) is 64.7 Å². The highest BCUT2D eigenvalue weighted by atomic mass is 16.5. The number of rotatable bonds is 41. The van der Waals surface area contributed by atoms with Crippen LogP contribution in [0.3, 0.4) is 0 Å². The number of ketones is 4. The van der Waals surface area contributed by atoms with Crippen molar-refractivity contribution >= 4 is 76.6 Å². The van der Waals surface area contributed by atoms with Crippen LogP contribution in [0.2, 0.25) is 0 Å². The molecule has 0 saturated carbocycles. The van der Waals surface area contributed by atoms with Crippen molar-refractivity contribution in [2.75, 3.05) is 54.1 Å². The maximum Gasteiger partial charge on any atom is 0.255 e. The average molecular weight is 1230 g/mol. The Morgan fingerprint density at radius 3 is 0.943 bits per heavy atom. The van der Waals surface area contributed by atoms with E-state index in [2.05, 4.69) is 46.2 Å². The van der Waals surface area contributed by atoms with Crippen molar-refractivity contribution in [3.63, 3.8) is 0 Å². The minimum absolute atomic E-state index is 0.000968. The van der Waals surface area contributed by atoms with Crippen LogP contribution in [0.1, 0.15) is 125 Å². The quantitative estimate of drug-likeness (QED) is 0.0174. The average Bonchev–Trinajstić information content (AvgIpc) is 3.63. The monoisotopic (exact) mass is 1230 g/mol. The maximum absolute atomic E-state index is 14.4. The Hall–Kier alpha value is -10.0. The Morgan fingerprint density at radius 1 is 0.386 bits per heavy atom. The molecule has 0 aliphatic heterocycles. The number of carbonyl (C=O) groups is 8. The van der Waals surface area contributed by atoms with Crippen LogP contribution in [-0.2, 0) is 43.2 Å². The summed E-state index contributed by atoms with van der Waals surface area (Å²) in [5, 5.41) is 11.2. The van der Waals surface area contributed by atoms with E-state index in [9.17, 15) is 38.4 Å². The lowest BCUT2D eigenvalue weighted by molar-refractivity contribution is -0.127. The van der Waals surface area contributed by atoms with Crippen LogP contribution in [-0.4, -0.2) is 155 Å². The first-order valence-corrected chi connectivity index (χ1v) is 28.4. The smallest absolute Gasteiger partial charge is 0.255 e. The number of ether oxygens (including phenoxy) is 3. The largest absolute Gasteiger partial charge is 0.496 e. The van der Waals surface area contributed by atoms with Crippen molar-refractivity contribution in [1.82, 2.24) is 21.3 Å². The van der Waals surface area contributed by atoms with Crippen molar-refractivity contribution in [3.05, 3.63) is 88.0 Å². The fraction of sp³-hybridized carbons (Fsp3) is 0.466. The number of nitrogens with zero attached hydrogens (tertiary/aromatic N) is 5. The van der Waals surface area contributed by atoms with Gasteiger partial charge in [0.1, 0.15) is 17.2 Å². The molecule has 0 aromatic heterocycles. The molecule has 0 spiro atoms. The lowest BCUT2D eigenvalue weighted by atomic mass is 9.96. The van der Waals surface area contributed by atoms with Crippen LogP contribution in [0, 0.1) is 0 Å². The van der Waals surface area contributed by atoms with Gasteiger partial charge in [-0.25, -0.2) is 0 Å². The summed E-state index contributed by atoms with van der Waals surface area (Å²) in [4.78, 5) is 130. The number of guanidine groups is 5. The summed E-state index contributed by atoms with van der Waals surface area (Å²) in [5.41, 5.74) is 56.0. The number of Topliss-reactive ketones (excluding diaryl/α,β-unsaturated/α-hetero) is 4. The highest BCUT2D eigenvalue weighted by Gasteiger charge is 2.29. The van der Waals surface area contributed by atoms with Crippen LogP contribution >= 0.6 is 0 Å². The van der Waals surface area contributed by atoms with Crippen LogP contribution in [0.5, 0.6) is 17.2 Å². The van der Waals surface area contributed by atoms with E-state index < -0.39 is 53.5 Å². The molecule has 30 heteroatoms. The van der Waals surface area contributed by atoms with Crippen molar-refractivity contribution in [1.29, 1.82) is 0 Å².